The molecule has 2 heterocycles. The van der Waals surface area contributed by atoms with Gasteiger partial charge < -0.3 is 10.2 Å². The van der Waals surface area contributed by atoms with Crippen molar-refractivity contribution >= 4 is 28.3 Å². The lowest BCUT2D eigenvalue weighted by molar-refractivity contribution is 0.323. The Bertz CT molecular complexity index is 1040. The molecule has 0 saturated heterocycles. The molecule has 2 N–H and O–H groups in total. The lowest BCUT2D eigenvalue weighted by Gasteiger charge is -2.14. The molecule has 0 radical (unpaired) electrons. The van der Waals surface area contributed by atoms with E-state index in [-0.39, 0.29) is 17.3 Å². The van der Waals surface area contributed by atoms with Gasteiger partial charge >= 0.3 is 0 Å². The highest BCUT2D eigenvalue weighted by Crippen LogP contribution is 2.24. The molecule has 0 bridgehead atoms. The van der Waals surface area contributed by atoms with Crippen LogP contribution in [-0.2, 0) is 11.3 Å². The largest absolute Gasteiger partial charge is 0.448 e. The standard InChI is InChI=1S/C17H16BrFN6O2/c1-10-13(21-8-27-10)7-24(2)23-16-14(18)15(22-17(20)25(16)9-26)11-3-5-12(19)6-4-11/h3-6,8-9H,7H2,1-2H3,(H2,20,22)/b23-16-. The highest BCUT2D eigenvalue weighted by atomic mass is 79.9. The van der Waals surface area contributed by atoms with Gasteiger partial charge in [0.25, 0.3) is 0 Å². The van der Waals surface area contributed by atoms with E-state index in [1.165, 1.54) is 18.5 Å². The summed E-state index contributed by atoms with van der Waals surface area (Å²) < 4.78 is 20.0. The summed E-state index contributed by atoms with van der Waals surface area (Å²) in [6.07, 6.45) is 1.88. The van der Waals surface area contributed by atoms with Gasteiger partial charge in [-0.2, -0.15) is 5.10 Å². The third kappa shape index (κ3) is 3.90. The van der Waals surface area contributed by atoms with E-state index in [2.05, 4.69) is 31.0 Å². The van der Waals surface area contributed by atoms with Crippen LogP contribution in [0.5, 0.6) is 0 Å². The average molecular weight is 435 g/mol. The highest BCUT2D eigenvalue weighted by Gasteiger charge is 2.15. The van der Waals surface area contributed by atoms with E-state index < -0.39 is 0 Å². The Morgan fingerprint density at radius 2 is 2.11 bits per heavy atom. The monoisotopic (exact) mass is 434 g/mol. The second-order valence-corrected chi connectivity index (χ2v) is 6.50. The molecule has 0 spiro atoms. The molecule has 0 amide bonds. The molecule has 0 aliphatic rings. The van der Waals surface area contributed by atoms with Gasteiger partial charge in [-0.25, -0.2) is 18.9 Å². The van der Waals surface area contributed by atoms with Gasteiger partial charge in [0.1, 0.15) is 17.3 Å². The fourth-order valence-electron chi connectivity index (χ4n) is 2.43. The first-order valence-electron chi connectivity index (χ1n) is 7.84. The van der Waals surface area contributed by atoms with Gasteiger partial charge in [-0.05, 0) is 47.1 Å². The minimum atomic E-state index is -0.366. The molecule has 140 valence electrons. The van der Waals surface area contributed by atoms with Crippen LogP contribution < -0.4 is 11.2 Å². The van der Waals surface area contributed by atoms with Crippen molar-refractivity contribution in [3.05, 3.63) is 57.9 Å². The summed E-state index contributed by atoms with van der Waals surface area (Å²) in [6, 6.07) is 5.77. The van der Waals surface area contributed by atoms with Gasteiger partial charge in [-0.3, -0.25) is 9.80 Å². The number of nitrogens with zero attached hydrogens (tertiary/aromatic N) is 5. The second kappa shape index (κ2) is 7.70. The van der Waals surface area contributed by atoms with Crippen molar-refractivity contribution in [2.24, 2.45) is 5.10 Å². The van der Waals surface area contributed by atoms with E-state index in [4.69, 9.17) is 10.2 Å². The van der Waals surface area contributed by atoms with Crippen LogP contribution in [0.4, 0.5) is 10.3 Å². The summed E-state index contributed by atoms with van der Waals surface area (Å²) in [5, 5.41) is 6.05. The molecule has 0 atom stereocenters. The Morgan fingerprint density at radius 1 is 1.41 bits per heavy atom. The number of hydrogen-bond donors (Lipinski definition) is 1. The summed E-state index contributed by atoms with van der Waals surface area (Å²) in [7, 11) is 1.73. The third-order valence-electron chi connectivity index (χ3n) is 3.82. The molecule has 1 aromatic carbocycles. The lowest BCUT2D eigenvalue weighted by Crippen LogP contribution is -2.30. The van der Waals surface area contributed by atoms with Crippen LogP contribution in [0, 0.1) is 12.7 Å². The van der Waals surface area contributed by atoms with Gasteiger partial charge in [0.15, 0.2) is 11.9 Å². The second-order valence-electron chi connectivity index (χ2n) is 5.71. The van der Waals surface area contributed by atoms with Crippen molar-refractivity contribution < 1.29 is 13.6 Å². The normalized spacial score (nSPS) is 11.6. The Kier molecular flexibility index (Phi) is 5.36. The first-order chi connectivity index (χ1) is 12.9. The van der Waals surface area contributed by atoms with Gasteiger partial charge in [0.05, 0.1) is 16.7 Å². The van der Waals surface area contributed by atoms with E-state index in [0.717, 1.165) is 10.3 Å². The molecule has 0 aliphatic carbocycles. The van der Waals surface area contributed by atoms with Gasteiger partial charge in [0, 0.05) is 12.6 Å². The number of carbonyl (C=O) groups excluding carboxylic acids is 1. The predicted molar refractivity (Wildman–Crippen MR) is 100 cm³/mol. The molecule has 0 aliphatic heterocycles. The lowest BCUT2D eigenvalue weighted by atomic mass is 10.1. The number of nitrogens with two attached hydrogens (primary N) is 1. The molecule has 2 aromatic heterocycles. The Balaban J connectivity index is 2.11. The van der Waals surface area contributed by atoms with E-state index in [1.807, 2.05) is 0 Å². The maximum atomic E-state index is 13.2. The molecule has 27 heavy (non-hydrogen) atoms. The minimum absolute atomic E-state index is 0.0442. The molecule has 0 saturated carbocycles. The zero-order valence-electron chi connectivity index (χ0n) is 14.6. The summed E-state index contributed by atoms with van der Waals surface area (Å²) in [6.45, 7) is 2.16. The zero-order chi connectivity index (χ0) is 19.6. The Hall–Kier alpha value is -3.01. The van der Waals surface area contributed by atoms with Gasteiger partial charge in [0.2, 0.25) is 12.4 Å². The molecule has 3 aromatic rings. The Morgan fingerprint density at radius 3 is 2.70 bits per heavy atom. The third-order valence-corrected chi connectivity index (χ3v) is 4.55. The summed E-state index contributed by atoms with van der Waals surface area (Å²) in [5.41, 5.74) is 7.96. The van der Waals surface area contributed by atoms with Crippen LogP contribution in [-0.4, -0.2) is 33.0 Å². The number of nitrogen functional groups attached to an aromatic ring is 1. The van der Waals surface area contributed by atoms with Crippen LogP contribution in [0.3, 0.4) is 0 Å². The molecule has 0 fully saturated rings. The Labute approximate surface area is 162 Å². The van der Waals surface area contributed by atoms with Gasteiger partial charge in [-0.1, -0.05) is 0 Å². The number of halogens is 2. The van der Waals surface area contributed by atoms with Crippen molar-refractivity contribution in [2.45, 2.75) is 13.5 Å². The van der Waals surface area contributed by atoms with E-state index in [9.17, 15) is 9.18 Å². The van der Waals surface area contributed by atoms with Gasteiger partial charge in [-0.15, -0.1) is 0 Å². The maximum absolute atomic E-state index is 13.2. The van der Waals surface area contributed by atoms with Crippen molar-refractivity contribution in [3.63, 3.8) is 0 Å². The van der Waals surface area contributed by atoms with Crippen molar-refractivity contribution in [1.29, 1.82) is 0 Å². The number of rotatable bonds is 5. The van der Waals surface area contributed by atoms with E-state index in [1.54, 1.807) is 31.1 Å². The molecular formula is C17H16BrFN6O2. The van der Waals surface area contributed by atoms with Crippen LogP contribution in [0.1, 0.15) is 11.5 Å². The predicted octanol–water partition coefficient (Wildman–Crippen LogP) is 2.32. The smallest absolute Gasteiger partial charge is 0.222 e. The van der Waals surface area contributed by atoms with Crippen LogP contribution in [0.2, 0.25) is 0 Å². The van der Waals surface area contributed by atoms with Crippen LogP contribution >= 0.6 is 15.9 Å². The zero-order valence-corrected chi connectivity index (χ0v) is 16.1. The summed E-state index contributed by atoms with van der Waals surface area (Å²) >= 11 is 3.44. The molecule has 10 heteroatoms. The first-order valence-corrected chi connectivity index (χ1v) is 8.63. The number of carbonyl (C=O) groups is 1. The molecule has 3 rings (SSSR count). The number of aromatic nitrogens is 3. The quantitative estimate of drug-likeness (QED) is 0.488. The number of oxazole rings is 1. The van der Waals surface area contributed by atoms with Crippen molar-refractivity contribution in [3.8, 4) is 11.3 Å². The number of hydrogen-bond acceptors (Lipinski definition) is 7. The molecular weight excluding hydrogens is 419 g/mol. The number of aryl methyl sites for hydroxylation is 1. The van der Waals surface area contributed by atoms with E-state index >= 15 is 0 Å². The number of benzene rings is 1. The number of anilines is 1. The average Bonchev–Trinajstić information content (AvgIpc) is 3.03. The topological polar surface area (TPSA) is 103 Å². The van der Waals surface area contributed by atoms with Crippen LogP contribution in [0.15, 0.2) is 44.7 Å². The SMILES string of the molecule is Cc1ocnc1CN(C)/N=c1/c(Br)c(-c2ccc(F)cc2)nc(N)n1C=O. The van der Waals surface area contributed by atoms with E-state index in [0.29, 0.717) is 34.4 Å². The fraction of sp³-hybridized carbons (Fsp3) is 0.176. The highest BCUT2D eigenvalue weighted by molar-refractivity contribution is 9.10. The van der Waals surface area contributed by atoms with Crippen molar-refractivity contribution in [2.75, 3.05) is 12.8 Å². The molecule has 0 unspecified atom stereocenters. The fourth-order valence-corrected chi connectivity index (χ4v) is 3.01. The van der Waals surface area contributed by atoms with Crippen molar-refractivity contribution in [1.82, 2.24) is 19.5 Å². The molecule has 8 nitrogen and oxygen atoms in total. The first kappa shape index (κ1) is 18.8. The summed E-state index contributed by atoms with van der Waals surface area (Å²) in [4.78, 5) is 19.9. The summed E-state index contributed by atoms with van der Waals surface area (Å²) in [5.74, 6) is 0.271. The minimum Gasteiger partial charge on any atom is -0.448 e. The van der Waals surface area contributed by atoms with Crippen LogP contribution in [0.25, 0.3) is 11.3 Å². The maximum Gasteiger partial charge on any atom is 0.222 e.